The van der Waals surface area contributed by atoms with E-state index in [0.717, 1.165) is 4.90 Å². The fourth-order valence-electron chi connectivity index (χ4n) is 3.80. The molecule has 2 aromatic heterocycles. The SMILES string of the molecule is C=C(/C=C(/C(=O)Nc1c(Cl)cc2cn[nH]c2c1C(=O)NC(C)(C)CS(C)=O)N(C)c1ncccc1Cl)C(F)(F)F. The highest BCUT2D eigenvalue weighted by atomic mass is 35.5. The van der Waals surface area contributed by atoms with Crippen molar-refractivity contribution in [1.29, 1.82) is 0 Å². The van der Waals surface area contributed by atoms with Gasteiger partial charge in [0.15, 0.2) is 5.82 Å². The first-order valence-electron chi connectivity index (χ1n) is 11.4. The van der Waals surface area contributed by atoms with Gasteiger partial charge < -0.3 is 15.5 Å². The molecule has 0 radical (unpaired) electrons. The molecular formula is C25H25Cl2F3N6O3S. The lowest BCUT2D eigenvalue weighted by atomic mass is 10.0. The third-order valence-corrected chi connectivity index (χ3v) is 7.22. The maximum absolute atomic E-state index is 13.6. The van der Waals surface area contributed by atoms with E-state index in [9.17, 15) is 27.0 Å². The number of allylic oxidation sites excluding steroid dienone is 2. The van der Waals surface area contributed by atoms with Gasteiger partial charge >= 0.3 is 6.18 Å². The quantitative estimate of drug-likeness (QED) is 0.224. The van der Waals surface area contributed by atoms with E-state index in [2.05, 4.69) is 32.4 Å². The van der Waals surface area contributed by atoms with E-state index >= 15 is 0 Å². The predicted molar refractivity (Wildman–Crippen MR) is 151 cm³/mol. The van der Waals surface area contributed by atoms with Gasteiger partial charge in [0.05, 0.1) is 38.6 Å². The Hall–Kier alpha value is -3.42. The normalized spacial score (nSPS) is 13.2. The highest BCUT2D eigenvalue weighted by Crippen LogP contribution is 2.35. The van der Waals surface area contributed by atoms with Crippen molar-refractivity contribution >= 4 is 68.2 Å². The number of H-pyrrole nitrogens is 1. The summed E-state index contributed by atoms with van der Waals surface area (Å²) in [6, 6.07) is 4.39. The first-order chi connectivity index (χ1) is 18.5. The number of halogens is 5. The molecule has 0 saturated carbocycles. The lowest BCUT2D eigenvalue weighted by molar-refractivity contribution is -0.112. The van der Waals surface area contributed by atoms with E-state index in [1.807, 2.05) is 0 Å². The van der Waals surface area contributed by atoms with Gasteiger partial charge in [-0.15, -0.1) is 0 Å². The molecule has 0 aliphatic rings. The van der Waals surface area contributed by atoms with Gasteiger partial charge in [0, 0.05) is 47.0 Å². The van der Waals surface area contributed by atoms with Crippen molar-refractivity contribution in [1.82, 2.24) is 20.5 Å². The molecule has 40 heavy (non-hydrogen) atoms. The molecule has 0 bridgehead atoms. The number of aromatic nitrogens is 3. The molecule has 1 aromatic carbocycles. The fraction of sp³-hybridized carbons (Fsp3) is 0.280. The summed E-state index contributed by atoms with van der Waals surface area (Å²) in [6.07, 6.45) is -0.0715. The number of carbonyl (C=O) groups excluding carboxylic acids is 2. The fourth-order valence-corrected chi connectivity index (χ4v) is 5.40. The highest BCUT2D eigenvalue weighted by Gasteiger charge is 2.33. The van der Waals surface area contributed by atoms with Gasteiger partial charge in [0.2, 0.25) is 0 Å². The van der Waals surface area contributed by atoms with Gasteiger partial charge in [-0.3, -0.25) is 18.9 Å². The number of hydrogen-bond donors (Lipinski definition) is 3. The minimum Gasteiger partial charge on any atom is -0.346 e. The van der Waals surface area contributed by atoms with Crippen LogP contribution in [0.3, 0.4) is 0 Å². The molecule has 1 atom stereocenters. The molecule has 3 aromatic rings. The van der Waals surface area contributed by atoms with Crippen LogP contribution in [0.5, 0.6) is 0 Å². The molecule has 15 heteroatoms. The third-order valence-electron chi connectivity index (χ3n) is 5.50. The number of pyridine rings is 1. The van der Waals surface area contributed by atoms with E-state index in [1.54, 1.807) is 13.8 Å². The van der Waals surface area contributed by atoms with Crippen LogP contribution < -0.4 is 15.5 Å². The molecule has 0 aliphatic carbocycles. The number of carbonyl (C=O) groups is 2. The molecule has 2 heterocycles. The second-order valence-corrected chi connectivity index (χ2v) is 11.6. The molecule has 0 spiro atoms. The summed E-state index contributed by atoms with van der Waals surface area (Å²) in [5, 5.41) is 12.2. The van der Waals surface area contributed by atoms with Crippen LogP contribution in [0.15, 0.2) is 54.5 Å². The van der Waals surface area contributed by atoms with E-state index in [0.29, 0.717) is 11.5 Å². The summed E-state index contributed by atoms with van der Waals surface area (Å²) in [4.78, 5) is 32.2. The van der Waals surface area contributed by atoms with Gasteiger partial charge in [-0.1, -0.05) is 29.8 Å². The largest absolute Gasteiger partial charge is 0.415 e. The Morgan fingerprint density at radius 2 is 1.93 bits per heavy atom. The molecule has 9 nitrogen and oxygen atoms in total. The molecule has 1 unspecified atom stereocenters. The molecule has 214 valence electrons. The number of fused-ring (bicyclic) bond motifs is 1. The summed E-state index contributed by atoms with van der Waals surface area (Å²) in [5.41, 5.74) is -2.92. The maximum atomic E-state index is 13.6. The van der Waals surface area contributed by atoms with E-state index in [4.69, 9.17) is 23.2 Å². The van der Waals surface area contributed by atoms with Crippen molar-refractivity contribution in [2.45, 2.75) is 25.6 Å². The number of benzene rings is 1. The van der Waals surface area contributed by atoms with Crippen LogP contribution in [0, 0.1) is 0 Å². The van der Waals surface area contributed by atoms with Crippen LogP contribution in [-0.2, 0) is 15.6 Å². The lowest BCUT2D eigenvalue weighted by Crippen LogP contribution is -2.47. The summed E-state index contributed by atoms with van der Waals surface area (Å²) in [5.74, 6) is -1.66. The smallest absolute Gasteiger partial charge is 0.346 e. The number of hydrogen-bond acceptors (Lipinski definition) is 6. The molecule has 2 amide bonds. The summed E-state index contributed by atoms with van der Waals surface area (Å²) in [6.45, 7) is 6.35. The molecule has 0 aliphatic heterocycles. The maximum Gasteiger partial charge on any atom is 0.415 e. The molecule has 0 fully saturated rings. The van der Waals surface area contributed by atoms with Crippen LogP contribution in [0.1, 0.15) is 24.2 Å². The van der Waals surface area contributed by atoms with Crippen molar-refractivity contribution in [3.63, 3.8) is 0 Å². The summed E-state index contributed by atoms with van der Waals surface area (Å²) < 4.78 is 52.1. The van der Waals surface area contributed by atoms with Crippen LogP contribution in [0.4, 0.5) is 24.7 Å². The Bertz CT molecular complexity index is 1540. The standard InChI is InChI=1S/C25H25Cl2F3N6O3S/c1-13(25(28,29)30)9-17(36(4)21-15(26)7-6-8-31-21)22(37)33-20-16(27)10-14-11-32-35-19(14)18(20)23(38)34-24(2,3)12-40(5)39/h6-11H,1,12H2,2-5H3,(H,32,35)(H,33,37)(H,34,38)/b17-9-. The first-order valence-corrected chi connectivity index (χ1v) is 13.9. The van der Waals surface area contributed by atoms with Gasteiger partial charge in [0.1, 0.15) is 5.70 Å². The summed E-state index contributed by atoms with van der Waals surface area (Å²) in [7, 11) is 0.0441. The van der Waals surface area contributed by atoms with E-state index in [1.165, 1.54) is 43.9 Å². The van der Waals surface area contributed by atoms with Crippen molar-refractivity contribution in [2.24, 2.45) is 0 Å². The number of nitrogens with zero attached hydrogens (tertiary/aromatic N) is 3. The van der Waals surface area contributed by atoms with Crippen molar-refractivity contribution in [2.75, 3.05) is 29.3 Å². The second-order valence-electron chi connectivity index (χ2n) is 9.37. The van der Waals surface area contributed by atoms with Crippen LogP contribution in [0.2, 0.25) is 10.0 Å². The average Bonchev–Trinajstić information content (AvgIpc) is 3.28. The molecular weight excluding hydrogens is 592 g/mol. The number of anilines is 2. The van der Waals surface area contributed by atoms with Gasteiger partial charge in [-0.25, -0.2) is 4.98 Å². The van der Waals surface area contributed by atoms with Crippen LogP contribution in [-0.4, -0.2) is 62.0 Å². The van der Waals surface area contributed by atoms with Crippen LogP contribution >= 0.6 is 23.2 Å². The number of nitrogens with one attached hydrogen (secondary N) is 3. The number of aromatic amines is 1. The van der Waals surface area contributed by atoms with Gasteiger partial charge in [0.25, 0.3) is 11.8 Å². The first kappa shape index (κ1) is 31.1. The summed E-state index contributed by atoms with van der Waals surface area (Å²) >= 11 is 12.6. The topological polar surface area (TPSA) is 120 Å². The zero-order chi connectivity index (χ0) is 30.0. The molecule has 0 saturated heterocycles. The van der Waals surface area contributed by atoms with Crippen LogP contribution in [0.25, 0.3) is 10.9 Å². The van der Waals surface area contributed by atoms with Gasteiger partial charge in [-0.2, -0.15) is 18.3 Å². The molecule has 3 N–H and O–H groups in total. The monoisotopic (exact) mass is 616 g/mol. The average molecular weight is 617 g/mol. The van der Waals surface area contributed by atoms with Crippen molar-refractivity contribution < 1.29 is 27.0 Å². The molecule has 3 rings (SSSR count). The minimum absolute atomic E-state index is 0.0112. The van der Waals surface area contributed by atoms with E-state index < -0.39 is 45.6 Å². The Morgan fingerprint density at radius 1 is 1.25 bits per heavy atom. The van der Waals surface area contributed by atoms with Crippen molar-refractivity contribution in [3.05, 3.63) is 70.1 Å². The predicted octanol–water partition coefficient (Wildman–Crippen LogP) is 5.23. The zero-order valence-electron chi connectivity index (χ0n) is 21.7. The Balaban J connectivity index is 2.13. The number of likely N-dealkylation sites (N-methyl/N-ethyl adjacent to an activating group) is 1. The second kappa shape index (κ2) is 12.0. The highest BCUT2D eigenvalue weighted by molar-refractivity contribution is 7.84. The van der Waals surface area contributed by atoms with E-state index in [-0.39, 0.29) is 38.4 Å². The van der Waals surface area contributed by atoms with Gasteiger partial charge in [-0.05, 0) is 38.1 Å². The Labute approximate surface area is 240 Å². The Morgan fingerprint density at radius 3 is 2.52 bits per heavy atom. The third kappa shape index (κ3) is 7.20. The minimum atomic E-state index is -4.84. The Kier molecular flexibility index (Phi) is 9.32. The van der Waals surface area contributed by atoms with Crippen molar-refractivity contribution in [3.8, 4) is 0 Å². The number of amides is 2. The number of alkyl halides is 3. The number of rotatable bonds is 9. The zero-order valence-corrected chi connectivity index (χ0v) is 24.1. The lowest BCUT2D eigenvalue weighted by Gasteiger charge is -2.26.